The normalized spacial score (nSPS) is 10.6. The average Bonchev–Trinajstić information content (AvgIpc) is 2.93. The molecule has 0 bridgehead atoms. The number of hydrogen-bond donors (Lipinski definition) is 1. The van der Waals surface area contributed by atoms with E-state index in [1.54, 1.807) is 18.0 Å². The van der Waals surface area contributed by atoms with Gasteiger partial charge >= 0.3 is 0 Å². The largest absolute Gasteiger partial charge is 0.344 e. The quantitative estimate of drug-likeness (QED) is 0.889. The second kappa shape index (κ2) is 7.28. The van der Waals surface area contributed by atoms with Crippen LogP contribution in [-0.4, -0.2) is 43.0 Å². The number of likely N-dealkylation sites (N-methyl/N-ethyl adjacent to an activating group) is 2. The summed E-state index contributed by atoms with van der Waals surface area (Å²) in [6, 6.07) is 6.32. The van der Waals surface area contributed by atoms with E-state index >= 15 is 0 Å². The van der Waals surface area contributed by atoms with Crippen LogP contribution >= 0.6 is 11.3 Å². The highest BCUT2D eigenvalue weighted by atomic mass is 32.1. The molecule has 6 heteroatoms. The van der Waals surface area contributed by atoms with Gasteiger partial charge in [-0.1, -0.05) is 12.1 Å². The number of hydrogen-bond acceptors (Lipinski definition) is 4. The van der Waals surface area contributed by atoms with Crippen LogP contribution in [0.1, 0.15) is 5.69 Å². The van der Waals surface area contributed by atoms with Crippen molar-refractivity contribution in [2.75, 3.05) is 27.2 Å². The van der Waals surface area contributed by atoms with Crippen LogP contribution in [0.2, 0.25) is 0 Å². The molecule has 21 heavy (non-hydrogen) atoms. The molecule has 0 aliphatic heterocycles. The number of nitrogens with zero attached hydrogens (tertiary/aromatic N) is 2. The predicted molar refractivity (Wildman–Crippen MR) is 82.8 cm³/mol. The van der Waals surface area contributed by atoms with Crippen LogP contribution < -0.4 is 5.32 Å². The number of thiazole rings is 1. The fraction of sp³-hybridized carbons (Fsp3) is 0.333. The second-order valence-electron chi connectivity index (χ2n) is 4.75. The summed E-state index contributed by atoms with van der Waals surface area (Å²) in [6.45, 7) is 1.42. The number of benzene rings is 1. The Balaban J connectivity index is 2.02. The average molecular weight is 307 g/mol. The molecule has 1 heterocycles. The Kier molecular flexibility index (Phi) is 5.41. The topological polar surface area (TPSA) is 45.2 Å². The number of aromatic nitrogens is 1. The molecule has 0 spiro atoms. The lowest BCUT2D eigenvalue weighted by Crippen LogP contribution is -2.33. The van der Waals surface area contributed by atoms with E-state index in [1.807, 2.05) is 18.5 Å². The Morgan fingerprint density at radius 3 is 3.00 bits per heavy atom. The molecule has 0 unspecified atom stereocenters. The van der Waals surface area contributed by atoms with Gasteiger partial charge in [-0.05, 0) is 19.2 Å². The molecule has 1 N–H and O–H groups in total. The van der Waals surface area contributed by atoms with Gasteiger partial charge in [0.2, 0.25) is 5.91 Å². The van der Waals surface area contributed by atoms with Crippen LogP contribution in [-0.2, 0) is 11.2 Å². The van der Waals surface area contributed by atoms with Gasteiger partial charge in [0, 0.05) is 31.1 Å². The molecule has 1 amide bonds. The van der Waals surface area contributed by atoms with E-state index < -0.39 is 0 Å². The van der Waals surface area contributed by atoms with E-state index in [1.165, 1.54) is 23.5 Å². The Bertz CT molecular complexity index is 614. The Labute approximate surface area is 127 Å². The molecule has 1 aromatic carbocycles. The van der Waals surface area contributed by atoms with Crippen molar-refractivity contribution in [1.29, 1.82) is 0 Å². The van der Waals surface area contributed by atoms with E-state index in [0.29, 0.717) is 6.54 Å². The highest BCUT2D eigenvalue weighted by Gasteiger charge is 2.12. The van der Waals surface area contributed by atoms with Gasteiger partial charge in [-0.2, -0.15) is 0 Å². The molecule has 2 rings (SSSR count). The van der Waals surface area contributed by atoms with Crippen LogP contribution in [0.5, 0.6) is 0 Å². The van der Waals surface area contributed by atoms with Crippen molar-refractivity contribution in [3.05, 3.63) is 41.2 Å². The van der Waals surface area contributed by atoms with Crippen LogP contribution in [0, 0.1) is 5.82 Å². The first-order valence-corrected chi connectivity index (χ1v) is 7.57. The summed E-state index contributed by atoms with van der Waals surface area (Å²) < 4.78 is 13.2. The highest BCUT2D eigenvalue weighted by Crippen LogP contribution is 2.24. The summed E-state index contributed by atoms with van der Waals surface area (Å²) in [6.07, 6.45) is 0.270. The Hall–Kier alpha value is -1.79. The number of carbonyl (C=O) groups excluding carboxylic acids is 1. The number of nitrogens with one attached hydrogen (secondary N) is 1. The maximum atomic E-state index is 13.2. The lowest BCUT2D eigenvalue weighted by molar-refractivity contribution is -0.129. The molecular weight excluding hydrogens is 289 g/mol. The van der Waals surface area contributed by atoms with Gasteiger partial charge in [0.15, 0.2) is 0 Å². The third kappa shape index (κ3) is 4.34. The second-order valence-corrected chi connectivity index (χ2v) is 5.61. The smallest absolute Gasteiger partial charge is 0.228 e. The zero-order chi connectivity index (χ0) is 15.2. The van der Waals surface area contributed by atoms with Crippen molar-refractivity contribution in [3.8, 4) is 10.6 Å². The Morgan fingerprint density at radius 2 is 2.29 bits per heavy atom. The number of rotatable bonds is 6. The monoisotopic (exact) mass is 307 g/mol. The molecule has 0 aliphatic carbocycles. The number of halogens is 1. The lowest BCUT2D eigenvalue weighted by atomic mass is 10.2. The van der Waals surface area contributed by atoms with Gasteiger partial charge in [-0.25, -0.2) is 9.37 Å². The summed E-state index contributed by atoms with van der Waals surface area (Å²) in [7, 11) is 3.63. The first-order valence-electron chi connectivity index (χ1n) is 6.69. The van der Waals surface area contributed by atoms with Gasteiger partial charge in [-0.3, -0.25) is 4.79 Å². The van der Waals surface area contributed by atoms with E-state index in [2.05, 4.69) is 10.3 Å². The maximum absolute atomic E-state index is 13.2. The Morgan fingerprint density at radius 1 is 1.48 bits per heavy atom. The van der Waals surface area contributed by atoms with Crippen molar-refractivity contribution in [3.63, 3.8) is 0 Å². The first-order chi connectivity index (χ1) is 10.1. The summed E-state index contributed by atoms with van der Waals surface area (Å²) in [5.74, 6) is -0.256. The van der Waals surface area contributed by atoms with Gasteiger partial charge in [0.1, 0.15) is 10.8 Å². The van der Waals surface area contributed by atoms with Crippen LogP contribution in [0.4, 0.5) is 4.39 Å². The zero-order valence-electron chi connectivity index (χ0n) is 12.1. The minimum atomic E-state index is -0.285. The molecule has 2 aromatic rings. The van der Waals surface area contributed by atoms with Crippen molar-refractivity contribution < 1.29 is 9.18 Å². The van der Waals surface area contributed by atoms with Crippen LogP contribution in [0.3, 0.4) is 0 Å². The lowest BCUT2D eigenvalue weighted by Gasteiger charge is -2.16. The van der Waals surface area contributed by atoms with Gasteiger partial charge in [0.25, 0.3) is 0 Å². The minimum absolute atomic E-state index is 0.0290. The van der Waals surface area contributed by atoms with Crippen molar-refractivity contribution in [2.24, 2.45) is 0 Å². The molecule has 4 nitrogen and oxygen atoms in total. The minimum Gasteiger partial charge on any atom is -0.344 e. The molecular formula is C15H18FN3OS. The van der Waals surface area contributed by atoms with Gasteiger partial charge in [-0.15, -0.1) is 11.3 Å². The molecule has 0 aliphatic rings. The fourth-order valence-electron chi connectivity index (χ4n) is 1.84. The highest BCUT2D eigenvalue weighted by molar-refractivity contribution is 7.13. The molecule has 0 fully saturated rings. The van der Waals surface area contributed by atoms with Crippen LogP contribution in [0.25, 0.3) is 10.6 Å². The zero-order valence-corrected chi connectivity index (χ0v) is 12.9. The summed E-state index contributed by atoms with van der Waals surface area (Å²) >= 11 is 1.42. The number of carbonyl (C=O) groups is 1. The third-order valence-corrected chi connectivity index (χ3v) is 4.02. The van der Waals surface area contributed by atoms with Crippen molar-refractivity contribution in [1.82, 2.24) is 15.2 Å². The molecule has 0 saturated carbocycles. The van der Waals surface area contributed by atoms with E-state index in [4.69, 9.17) is 0 Å². The van der Waals surface area contributed by atoms with Gasteiger partial charge in [0.05, 0.1) is 12.1 Å². The summed E-state index contributed by atoms with van der Waals surface area (Å²) in [4.78, 5) is 18.1. The standard InChI is InChI=1S/C15H18FN3OS/c1-17-6-7-19(2)14(20)9-13-10-21-15(18-13)11-4-3-5-12(16)8-11/h3-5,8,10,17H,6-7,9H2,1-2H3. The van der Waals surface area contributed by atoms with E-state index in [9.17, 15) is 9.18 Å². The van der Waals surface area contributed by atoms with E-state index in [-0.39, 0.29) is 18.1 Å². The maximum Gasteiger partial charge on any atom is 0.228 e. The van der Waals surface area contributed by atoms with Crippen molar-refractivity contribution >= 4 is 17.2 Å². The summed E-state index contributed by atoms with van der Waals surface area (Å²) in [5.41, 5.74) is 1.46. The fourth-order valence-corrected chi connectivity index (χ4v) is 2.65. The number of amides is 1. The van der Waals surface area contributed by atoms with E-state index in [0.717, 1.165) is 22.8 Å². The first kappa shape index (κ1) is 15.6. The SMILES string of the molecule is CNCCN(C)C(=O)Cc1csc(-c2cccc(F)c2)n1. The van der Waals surface area contributed by atoms with Gasteiger partial charge < -0.3 is 10.2 Å². The molecule has 112 valence electrons. The summed E-state index contributed by atoms with van der Waals surface area (Å²) in [5, 5.41) is 5.59. The molecule has 0 saturated heterocycles. The third-order valence-electron chi connectivity index (χ3n) is 3.08. The predicted octanol–water partition coefficient (Wildman–Crippen LogP) is 2.17. The van der Waals surface area contributed by atoms with Crippen LogP contribution in [0.15, 0.2) is 29.6 Å². The molecule has 0 atom stereocenters. The molecule has 1 aromatic heterocycles. The molecule has 0 radical (unpaired) electrons. The van der Waals surface area contributed by atoms with Crippen molar-refractivity contribution in [2.45, 2.75) is 6.42 Å².